The number of rotatable bonds is 4. The highest BCUT2D eigenvalue weighted by Crippen LogP contribution is 2.42. The van der Waals surface area contributed by atoms with E-state index in [-0.39, 0.29) is 0 Å². The van der Waals surface area contributed by atoms with Crippen LogP contribution in [0.2, 0.25) is 0 Å². The summed E-state index contributed by atoms with van der Waals surface area (Å²) in [5, 5.41) is 6.51. The SMILES string of the molecule is c1ccc(-c2nc(-c3ccccc3)nc(-c3cccc4c3oc3ccc(-n5c6ccccc6c6c7oc8ccccc8c7ccc65)cc34)n2)cc1. The van der Waals surface area contributed by atoms with Crippen molar-refractivity contribution in [2.45, 2.75) is 0 Å². The van der Waals surface area contributed by atoms with Crippen LogP contribution in [0, 0.1) is 0 Å². The van der Waals surface area contributed by atoms with Gasteiger partial charge < -0.3 is 13.4 Å². The molecule has 0 aliphatic rings. The summed E-state index contributed by atoms with van der Waals surface area (Å²) >= 11 is 0. The van der Waals surface area contributed by atoms with Gasteiger partial charge in [0.15, 0.2) is 17.5 Å². The zero-order valence-corrected chi connectivity index (χ0v) is 27.1. The van der Waals surface area contributed by atoms with Crippen LogP contribution in [0.3, 0.4) is 0 Å². The van der Waals surface area contributed by atoms with Crippen molar-refractivity contribution in [1.29, 1.82) is 0 Å². The molecule has 0 radical (unpaired) electrons. The fourth-order valence-electron chi connectivity index (χ4n) is 7.54. The average Bonchev–Trinajstić information content (AvgIpc) is 3.87. The molecule has 0 saturated carbocycles. The maximum Gasteiger partial charge on any atom is 0.167 e. The minimum Gasteiger partial charge on any atom is -0.455 e. The van der Waals surface area contributed by atoms with E-state index in [1.165, 1.54) is 0 Å². The van der Waals surface area contributed by atoms with Crippen LogP contribution in [0.4, 0.5) is 0 Å². The second-order valence-electron chi connectivity index (χ2n) is 12.8. The van der Waals surface area contributed by atoms with Crippen molar-refractivity contribution in [2.75, 3.05) is 0 Å². The molecule has 0 saturated heterocycles. The van der Waals surface area contributed by atoms with Gasteiger partial charge in [0.1, 0.15) is 22.3 Å². The quantitative estimate of drug-likeness (QED) is 0.189. The van der Waals surface area contributed by atoms with Gasteiger partial charge in [0.2, 0.25) is 0 Å². The highest BCUT2D eigenvalue weighted by Gasteiger charge is 2.21. The lowest BCUT2D eigenvalue weighted by molar-refractivity contribution is 0.669. The van der Waals surface area contributed by atoms with Crippen LogP contribution in [0.1, 0.15) is 0 Å². The number of fused-ring (bicyclic) bond motifs is 10. The zero-order chi connectivity index (χ0) is 33.5. The summed E-state index contributed by atoms with van der Waals surface area (Å²) in [6, 6.07) is 53.8. The summed E-state index contributed by atoms with van der Waals surface area (Å²) in [6.45, 7) is 0. The van der Waals surface area contributed by atoms with Gasteiger partial charge in [-0.25, -0.2) is 15.0 Å². The van der Waals surface area contributed by atoms with E-state index in [4.69, 9.17) is 23.8 Å². The Morgan fingerprint density at radius 1 is 0.392 bits per heavy atom. The number of aromatic nitrogens is 4. The van der Waals surface area contributed by atoms with Gasteiger partial charge in [-0.1, -0.05) is 109 Å². The first-order chi connectivity index (χ1) is 25.3. The van der Waals surface area contributed by atoms with E-state index in [1.54, 1.807) is 0 Å². The lowest BCUT2D eigenvalue weighted by Crippen LogP contribution is -2.00. The van der Waals surface area contributed by atoms with E-state index in [0.717, 1.165) is 88.1 Å². The first-order valence-electron chi connectivity index (χ1n) is 16.9. The van der Waals surface area contributed by atoms with Gasteiger partial charge >= 0.3 is 0 Å². The number of nitrogens with zero attached hydrogens (tertiary/aromatic N) is 4. The Kier molecular flexibility index (Phi) is 5.86. The van der Waals surface area contributed by atoms with E-state index in [0.29, 0.717) is 17.5 Å². The van der Waals surface area contributed by atoms with Gasteiger partial charge in [0.05, 0.1) is 22.0 Å². The van der Waals surface area contributed by atoms with Crippen LogP contribution in [-0.2, 0) is 0 Å². The molecule has 238 valence electrons. The van der Waals surface area contributed by atoms with Gasteiger partial charge in [-0.3, -0.25) is 0 Å². The van der Waals surface area contributed by atoms with Crippen molar-refractivity contribution in [1.82, 2.24) is 19.5 Å². The molecular weight excluding hydrogens is 629 g/mol. The molecule has 7 aromatic carbocycles. The summed E-state index contributed by atoms with van der Waals surface area (Å²) in [7, 11) is 0. The fourth-order valence-corrected chi connectivity index (χ4v) is 7.54. The molecule has 6 nitrogen and oxygen atoms in total. The summed E-state index contributed by atoms with van der Waals surface area (Å²) in [6.07, 6.45) is 0. The molecule has 0 spiro atoms. The normalized spacial score (nSPS) is 11.9. The highest BCUT2D eigenvalue weighted by atomic mass is 16.3. The van der Waals surface area contributed by atoms with Crippen molar-refractivity contribution in [3.8, 4) is 39.9 Å². The monoisotopic (exact) mass is 654 g/mol. The summed E-state index contributed by atoms with van der Waals surface area (Å²) in [4.78, 5) is 14.9. The molecule has 0 fully saturated rings. The summed E-state index contributed by atoms with van der Waals surface area (Å²) in [5.41, 5.74) is 9.22. The van der Waals surface area contributed by atoms with Crippen molar-refractivity contribution >= 4 is 65.7 Å². The van der Waals surface area contributed by atoms with Gasteiger partial charge in [0.25, 0.3) is 0 Å². The van der Waals surface area contributed by atoms with Gasteiger partial charge in [0, 0.05) is 43.7 Å². The average molecular weight is 655 g/mol. The largest absolute Gasteiger partial charge is 0.455 e. The standard InChI is InChI=1S/C45H26N4O2/c1-3-12-27(13-4-1)43-46-44(28-14-5-2-6-15-28)48-45(47-43)34-19-11-18-31-35-26-29(22-25-39(35)50-41(31)34)49-36-20-9-7-17-33(36)40-37(49)24-23-32-30-16-8-10-21-38(30)51-42(32)40/h1-26H. The van der Waals surface area contributed by atoms with Crippen LogP contribution in [0.25, 0.3) is 106 Å². The first kappa shape index (κ1) is 27.9. The maximum atomic E-state index is 6.64. The van der Waals surface area contributed by atoms with Crippen molar-refractivity contribution in [3.05, 3.63) is 158 Å². The molecule has 11 aromatic rings. The molecule has 51 heavy (non-hydrogen) atoms. The Hall–Kier alpha value is -7.05. The van der Waals surface area contributed by atoms with Gasteiger partial charge in [-0.05, 0) is 48.5 Å². The molecule has 6 heteroatoms. The molecule has 0 N–H and O–H groups in total. The third-order valence-electron chi connectivity index (χ3n) is 9.86. The predicted molar refractivity (Wildman–Crippen MR) is 205 cm³/mol. The zero-order valence-electron chi connectivity index (χ0n) is 27.1. The Morgan fingerprint density at radius 3 is 1.78 bits per heavy atom. The number of hydrogen-bond acceptors (Lipinski definition) is 5. The second-order valence-corrected chi connectivity index (χ2v) is 12.8. The van der Waals surface area contributed by atoms with Crippen molar-refractivity contribution in [2.24, 2.45) is 0 Å². The van der Waals surface area contributed by atoms with E-state index in [9.17, 15) is 0 Å². The van der Waals surface area contributed by atoms with Crippen LogP contribution in [0.5, 0.6) is 0 Å². The molecule has 0 amide bonds. The Balaban J connectivity index is 1.13. The van der Waals surface area contributed by atoms with Crippen molar-refractivity contribution in [3.63, 3.8) is 0 Å². The lowest BCUT2D eigenvalue weighted by Gasteiger charge is -2.08. The second kappa shape index (κ2) is 10.7. The third kappa shape index (κ3) is 4.20. The minimum atomic E-state index is 0.560. The van der Waals surface area contributed by atoms with E-state index >= 15 is 0 Å². The van der Waals surface area contributed by atoms with Crippen molar-refractivity contribution < 1.29 is 8.83 Å². The van der Waals surface area contributed by atoms with Crippen LogP contribution >= 0.6 is 0 Å². The molecule has 0 aliphatic carbocycles. The van der Waals surface area contributed by atoms with Crippen LogP contribution in [0.15, 0.2) is 167 Å². The first-order valence-corrected chi connectivity index (χ1v) is 16.9. The smallest absolute Gasteiger partial charge is 0.167 e. The highest BCUT2D eigenvalue weighted by molar-refractivity contribution is 6.24. The van der Waals surface area contributed by atoms with E-state index in [1.807, 2.05) is 84.9 Å². The predicted octanol–water partition coefficient (Wildman–Crippen LogP) is 11.8. The molecule has 4 heterocycles. The van der Waals surface area contributed by atoms with Gasteiger partial charge in [-0.2, -0.15) is 0 Å². The van der Waals surface area contributed by atoms with Crippen LogP contribution in [-0.4, -0.2) is 19.5 Å². The Bertz CT molecular complexity index is 3080. The summed E-state index contributed by atoms with van der Waals surface area (Å²) < 4.78 is 15.5. The molecular formula is C45H26N4O2. The molecule has 0 bridgehead atoms. The van der Waals surface area contributed by atoms with Gasteiger partial charge in [-0.15, -0.1) is 0 Å². The van der Waals surface area contributed by atoms with Crippen LogP contribution < -0.4 is 0 Å². The fraction of sp³-hybridized carbons (Fsp3) is 0. The molecule has 0 unspecified atom stereocenters. The number of benzene rings is 7. The molecule has 0 aliphatic heterocycles. The summed E-state index contributed by atoms with van der Waals surface area (Å²) in [5.74, 6) is 1.78. The Labute approximate surface area is 290 Å². The number of furan rings is 2. The third-order valence-corrected chi connectivity index (χ3v) is 9.86. The molecule has 4 aromatic heterocycles. The van der Waals surface area contributed by atoms with E-state index in [2.05, 4.69) is 77.4 Å². The molecule has 11 rings (SSSR count). The Morgan fingerprint density at radius 2 is 1.00 bits per heavy atom. The maximum absolute atomic E-state index is 6.64. The topological polar surface area (TPSA) is 69.9 Å². The lowest BCUT2D eigenvalue weighted by atomic mass is 10.1. The molecule has 0 atom stereocenters. The number of hydrogen-bond donors (Lipinski definition) is 0. The number of para-hydroxylation sites is 3. The minimum absolute atomic E-state index is 0.560. The van der Waals surface area contributed by atoms with E-state index < -0.39 is 0 Å².